The molecule has 0 spiro atoms. The van der Waals surface area contributed by atoms with Gasteiger partial charge in [0.15, 0.2) is 0 Å². The average Bonchev–Trinajstić information content (AvgIpc) is 2.45. The number of halogens is 1. The van der Waals surface area contributed by atoms with Crippen LogP contribution in [0.15, 0.2) is 42.5 Å². The van der Waals surface area contributed by atoms with E-state index in [9.17, 15) is 4.79 Å². The summed E-state index contributed by atoms with van der Waals surface area (Å²) in [5.41, 5.74) is 14.1. The van der Waals surface area contributed by atoms with Crippen molar-refractivity contribution in [2.24, 2.45) is 11.5 Å². The second-order valence-corrected chi connectivity index (χ2v) is 4.76. The molecule has 0 aromatic heterocycles. The highest BCUT2D eigenvalue weighted by molar-refractivity contribution is 6.34. The third-order valence-corrected chi connectivity index (χ3v) is 3.38. The minimum Gasteiger partial charge on any atom is -0.380 e. The summed E-state index contributed by atoms with van der Waals surface area (Å²) in [5, 5.41) is 3.53. The number of primary amides is 1. The number of rotatable bonds is 5. The van der Waals surface area contributed by atoms with Crippen LogP contribution >= 0.6 is 11.6 Å². The molecule has 0 atom stereocenters. The monoisotopic (exact) mass is 289 g/mol. The number of carbonyl (C=O) groups is 1. The van der Waals surface area contributed by atoms with Crippen LogP contribution in [0.1, 0.15) is 21.5 Å². The van der Waals surface area contributed by atoms with E-state index in [0.29, 0.717) is 29.4 Å². The standard InChI is InChI=1S/C15H16ClN3O/c16-12-6-3-7-13(14(12)15(18)20)19-9-11-5-2-1-4-10(11)8-17/h1-7,19H,8-9,17H2,(H2,18,20). The predicted octanol–water partition coefficient (Wildman–Crippen LogP) is 2.51. The van der Waals surface area contributed by atoms with Crippen LogP contribution in [0.25, 0.3) is 0 Å². The lowest BCUT2D eigenvalue weighted by Gasteiger charge is -2.13. The van der Waals surface area contributed by atoms with Crippen LogP contribution in [0.4, 0.5) is 5.69 Å². The van der Waals surface area contributed by atoms with Gasteiger partial charge in [0.1, 0.15) is 0 Å². The van der Waals surface area contributed by atoms with Crippen LogP contribution in [0.3, 0.4) is 0 Å². The van der Waals surface area contributed by atoms with Crippen LogP contribution in [0.2, 0.25) is 5.02 Å². The molecule has 0 saturated carbocycles. The first-order valence-electron chi connectivity index (χ1n) is 6.22. The number of amides is 1. The predicted molar refractivity (Wildman–Crippen MR) is 81.6 cm³/mol. The Morgan fingerprint density at radius 3 is 2.45 bits per heavy atom. The highest BCUT2D eigenvalue weighted by Gasteiger charge is 2.12. The molecule has 0 unspecified atom stereocenters. The average molecular weight is 290 g/mol. The summed E-state index contributed by atoms with van der Waals surface area (Å²) in [5.74, 6) is -0.551. The summed E-state index contributed by atoms with van der Waals surface area (Å²) in [6.45, 7) is 1.02. The van der Waals surface area contributed by atoms with Gasteiger partial charge in [0.2, 0.25) is 0 Å². The van der Waals surface area contributed by atoms with Crippen molar-refractivity contribution < 1.29 is 4.79 Å². The second-order valence-electron chi connectivity index (χ2n) is 4.35. The lowest BCUT2D eigenvalue weighted by atomic mass is 10.1. The van der Waals surface area contributed by atoms with Gasteiger partial charge in [0.25, 0.3) is 5.91 Å². The van der Waals surface area contributed by atoms with Gasteiger partial charge < -0.3 is 16.8 Å². The van der Waals surface area contributed by atoms with Crippen LogP contribution in [0.5, 0.6) is 0 Å². The van der Waals surface area contributed by atoms with E-state index < -0.39 is 5.91 Å². The Kier molecular flexibility index (Phi) is 4.61. The molecule has 0 aliphatic carbocycles. The fourth-order valence-electron chi connectivity index (χ4n) is 2.04. The van der Waals surface area contributed by atoms with E-state index in [2.05, 4.69) is 5.32 Å². The molecule has 104 valence electrons. The number of carbonyl (C=O) groups excluding carboxylic acids is 1. The Labute approximate surface area is 122 Å². The van der Waals surface area contributed by atoms with Crippen LogP contribution in [0, 0.1) is 0 Å². The van der Waals surface area contributed by atoms with Crippen molar-refractivity contribution in [2.75, 3.05) is 5.32 Å². The molecule has 0 aliphatic heterocycles. The molecule has 0 radical (unpaired) electrons. The Bertz CT molecular complexity index is 628. The van der Waals surface area contributed by atoms with Crippen molar-refractivity contribution >= 4 is 23.2 Å². The van der Waals surface area contributed by atoms with Crippen molar-refractivity contribution in [2.45, 2.75) is 13.1 Å². The van der Waals surface area contributed by atoms with E-state index in [1.807, 2.05) is 24.3 Å². The van der Waals surface area contributed by atoms with E-state index in [1.54, 1.807) is 18.2 Å². The van der Waals surface area contributed by atoms with E-state index in [0.717, 1.165) is 11.1 Å². The summed E-state index contributed by atoms with van der Waals surface area (Å²) in [4.78, 5) is 11.5. The van der Waals surface area contributed by atoms with Crippen LogP contribution in [-0.4, -0.2) is 5.91 Å². The quantitative estimate of drug-likeness (QED) is 0.791. The van der Waals surface area contributed by atoms with Gasteiger partial charge in [-0.2, -0.15) is 0 Å². The number of benzene rings is 2. The first kappa shape index (κ1) is 14.4. The maximum absolute atomic E-state index is 11.5. The van der Waals surface area contributed by atoms with Gasteiger partial charge in [-0.05, 0) is 23.3 Å². The second kappa shape index (κ2) is 6.41. The fraction of sp³-hybridized carbons (Fsp3) is 0.133. The Balaban J connectivity index is 2.23. The highest BCUT2D eigenvalue weighted by atomic mass is 35.5. The van der Waals surface area contributed by atoms with E-state index in [1.165, 1.54) is 0 Å². The molecule has 0 bridgehead atoms. The minimum absolute atomic E-state index is 0.305. The zero-order valence-corrected chi connectivity index (χ0v) is 11.7. The lowest BCUT2D eigenvalue weighted by molar-refractivity contribution is 0.100. The van der Waals surface area contributed by atoms with Crippen LogP contribution < -0.4 is 16.8 Å². The first-order valence-corrected chi connectivity index (χ1v) is 6.60. The number of hydrogen-bond acceptors (Lipinski definition) is 3. The zero-order valence-electron chi connectivity index (χ0n) is 10.9. The SMILES string of the molecule is NCc1ccccc1CNc1cccc(Cl)c1C(N)=O. The van der Waals surface area contributed by atoms with Crippen molar-refractivity contribution in [3.05, 3.63) is 64.2 Å². The third kappa shape index (κ3) is 3.10. The summed E-state index contributed by atoms with van der Waals surface area (Å²) in [6.07, 6.45) is 0. The third-order valence-electron chi connectivity index (χ3n) is 3.07. The molecule has 2 aromatic carbocycles. The van der Waals surface area contributed by atoms with Gasteiger partial charge in [-0.3, -0.25) is 4.79 Å². The molecule has 2 rings (SSSR count). The molecule has 0 saturated heterocycles. The maximum Gasteiger partial charge on any atom is 0.252 e. The topological polar surface area (TPSA) is 81.1 Å². The van der Waals surface area contributed by atoms with Crippen LogP contribution in [-0.2, 0) is 13.1 Å². The van der Waals surface area contributed by atoms with Gasteiger partial charge in [-0.1, -0.05) is 41.9 Å². The number of anilines is 1. The fourth-order valence-corrected chi connectivity index (χ4v) is 2.31. The van der Waals surface area contributed by atoms with E-state index in [4.69, 9.17) is 23.1 Å². The summed E-state index contributed by atoms with van der Waals surface area (Å²) < 4.78 is 0. The summed E-state index contributed by atoms with van der Waals surface area (Å²) in [6, 6.07) is 13.0. The van der Waals surface area contributed by atoms with Gasteiger partial charge in [-0.15, -0.1) is 0 Å². The normalized spacial score (nSPS) is 10.3. The molecular formula is C15H16ClN3O. The largest absolute Gasteiger partial charge is 0.380 e. The molecular weight excluding hydrogens is 274 g/mol. The number of nitrogens with one attached hydrogen (secondary N) is 1. The van der Waals surface area contributed by atoms with E-state index in [-0.39, 0.29) is 0 Å². The summed E-state index contributed by atoms with van der Waals surface area (Å²) >= 11 is 6.00. The maximum atomic E-state index is 11.5. The van der Waals surface area contributed by atoms with Crippen molar-refractivity contribution in [1.29, 1.82) is 0 Å². The molecule has 5 heteroatoms. The van der Waals surface area contributed by atoms with Gasteiger partial charge in [0.05, 0.1) is 10.6 Å². The van der Waals surface area contributed by atoms with Crippen molar-refractivity contribution in [3.63, 3.8) is 0 Å². The molecule has 0 heterocycles. The number of hydrogen-bond donors (Lipinski definition) is 3. The highest BCUT2D eigenvalue weighted by Crippen LogP contribution is 2.24. The van der Waals surface area contributed by atoms with Gasteiger partial charge in [-0.25, -0.2) is 0 Å². The smallest absolute Gasteiger partial charge is 0.252 e. The van der Waals surface area contributed by atoms with E-state index >= 15 is 0 Å². The Morgan fingerprint density at radius 1 is 1.10 bits per heavy atom. The van der Waals surface area contributed by atoms with Gasteiger partial charge >= 0.3 is 0 Å². The molecule has 5 N–H and O–H groups in total. The molecule has 2 aromatic rings. The zero-order chi connectivity index (χ0) is 14.5. The molecule has 1 amide bonds. The number of nitrogens with two attached hydrogens (primary N) is 2. The Hall–Kier alpha value is -2.04. The van der Waals surface area contributed by atoms with Crippen molar-refractivity contribution in [1.82, 2.24) is 0 Å². The molecule has 20 heavy (non-hydrogen) atoms. The molecule has 4 nitrogen and oxygen atoms in total. The molecule has 0 fully saturated rings. The molecule has 0 aliphatic rings. The first-order chi connectivity index (χ1) is 9.63. The van der Waals surface area contributed by atoms with Gasteiger partial charge in [0, 0.05) is 18.8 Å². The lowest BCUT2D eigenvalue weighted by Crippen LogP contribution is -2.15. The Morgan fingerprint density at radius 2 is 1.80 bits per heavy atom. The minimum atomic E-state index is -0.551. The summed E-state index contributed by atoms with van der Waals surface area (Å²) in [7, 11) is 0. The van der Waals surface area contributed by atoms with Crippen molar-refractivity contribution in [3.8, 4) is 0 Å².